The monoisotopic (exact) mass is 227 g/mol. The zero-order chi connectivity index (χ0) is 12.0. The summed E-state index contributed by atoms with van der Waals surface area (Å²) < 4.78 is 0. The van der Waals surface area contributed by atoms with Gasteiger partial charge in [-0.25, -0.2) is 0 Å². The Labute approximate surface area is 101 Å². The third kappa shape index (κ3) is 4.42. The summed E-state index contributed by atoms with van der Waals surface area (Å²) in [5.74, 6) is 0. The Balaban J connectivity index is 2.21. The third-order valence-electron chi connectivity index (χ3n) is 3.95. The lowest BCUT2D eigenvalue weighted by molar-refractivity contribution is -0.0353. The Morgan fingerprint density at radius 3 is 2.25 bits per heavy atom. The second-order valence-corrected chi connectivity index (χ2v) is 5.66. The maximum atomic E-state index is 10.4. The molecule has 0 aromatic rings. The first-order valence-corrected chi connectivity index (χ1v) is 7.04. The van der Waals surface area contributed by atoms with Crippen LogP contribution in [0.25, 0.3) is 0 Å². The molecule has 2 heteroatoms. The normalized spacial score (nSPS) is 21.6. The van der Waals surface area contributed by atoms with Crippen LogP contribution in [0.4, 0.5) is 0 Å². The van der Waals surface area contributed by atoms with E-state index in [1.807, 2.05) is 0 Å². The van der Waals surface area contributed by atoms with Gasteiger partial charge < -0.3 is 10.0 Å². The van der Waals surface area contributed by atoms with Crippen LogP contribution >= 0.6 is 0 Å². The molecule has 1 aliphatic heterocycles. The molecular formula is C14H29NO. The van der Waals surface area contributed by atoms with Crippen LogP contribution in [0.2, 0.25) is 0 Å². The van der Waals surface area contributed by atoms with Crippen LogP contribution in [0, 0.1) is 0 Å². The lowest BCUT2D eigenvalue weighted by atomic mass is 9.86. The predicted octanol–water partition coefficient (Wildman–Crippen LogP) is 3.19. The van der Waals surface area contributed by atoms with E-state index in [-0.39, 0.29) is 5.60 Å². The summed E-state index contributed by atoms with van der Waals surface area (Å²) in [5, 5.41) is 10.4. The van der Waals surface area contributed by atoms with Gasteiger partial charge in [0.05, 0.1) is 5.60 Å². The number of hydrogen-bond acceptors (Lipinski definition) is 2. The van der Waals surface area contributed by atoms with E-state index >= 15 is 0 Å². The highest BCUT2D eigenvalue weighted by atomic mass is 16.3. The summed E-state index contributed by atoms with van der Waals surface area (Å²) in [5.41, 5.74) is -0.348. The topological polar surface area (TPSA) is 23.5 Å². The first kappa shape index (κ1) is 14.0. The first-order chi connectivity index (χ1) is 7.57. The van der Waals surface area contributed by atoms with Crippen LogP contribution < -0.4 is 0 Å². The van der Waals surface area contributed by atoms with E-state index in [4.69, 9.17) is 0 Å². The van der Waals surface area contributed by atoms with Gasteiger partial charge in [-0.15, -0.1) is 0 Å². The van der Waals surface area contributed by atoms with E-state index in [1.165, 1.54) is 25.7 Å². The molecule has 1 fully saturated rings. The molecule has 2 nitrogen and oxygen atoms in total. The Morgan fingerprint density at radius 1 is 1.12 bits per heavy atom. The van der Waals surface area contributed by atoms with Crippen molar-refractivity contribution in [2.75, 3.05) is 13.1 Å². The molecule has 1 saturated heterocycles. The molecule has 16 heavy (non-hydrogen) atoms. The lowest BCUT2D eigenvalue weighted by Gasteiger charge is -2.40. The fourth-order valence-electron chi connectivity index (χ4n) is 2.59. The Bertz CT molecular complexity index is 183. The molecule has 0 bridgehead atoms. The SMILES string of the molecule is CCCCCCC1(O)CCN(C(C)C)CC1. The second-order valence-electron chi connectivity index (χ2n) is 5.66. The summed E-state index contributed by atoms with van der Waals surface area (Å²) in [6.45, 7) is 8.86. The molecule has 0 aliphatic carbocycles. The number of nitrogens with zero attached hydrogens (tertiary/aromatic N) is 1. The van der Waals surface area contributed by atoms with E-state index in [0.29, 0.717) is 6.04 Å². The quantitative estimate of drug-likeness (QED) is 0.704. The molecule has 0 spiro atoms. The van der Waals surface area contributed by atoms with E-state index < -0.39 is 0 Å². The average molecular weight is 227 g/mol. The molecule has 0 unspecified atom stereocenters. The van der Waals surface area contributed by atoms with Gasteiger partial charge in [-0.3, -0.25) is 0 Å². The molecule has 0 aromatic heterocycles. The minimum Gasteiger partial charge on any atom is -0.390 e. The Morgan fingerprint density at radius 2 is 1.75 bits per heavy atom. The van der Waals surface area contributed by atoms with Crippen molar-refractivity contribution in [1.82, 2.24) is 4.90 Å². The van der Waals surface area contributed by atoms with Crippen molar-refractivity contribution in [3.05, 3.63) is 0 Å². The summed E-state index contributed by atoms with van der Waals surface area (Å²) in [4.78, 5) is 2.47. The zero-order valence-corrected chi connectivity index (χ0v) is 11.3. The minimum absolute atomic E-state index is 0.348. The van der Waals surface area contributed by atoms with Gasteiger partial charge in [0.15, 0.2) is 0 Å². The molecule has 0 atom stereocenters. The third-order valence-corrected chi connectivity index (χ3v) is 3.95. The van der Waals surface area contributed by atoms with Crippen molar-refractivity contribution in [3.63, 3.8) is 0 Å². The molecule has 1 heterocycles. The van der Waals surface area contributed by atoms with Crippen LogP contribution in [0.5, 0.6) is 0 Å². The van der Waals surface area contributed by atoms with Crippen LogP contribution in [0.1, 0.15) is 65.7 Å². The van der Waals surface area contributed by atoms with Crippen LogP contribution in [0.15, 0.2) is 0 Å². The van der Waals surface area contributed by atoms with Crippen molar-refractivity contribution in [1.29, 1.82) is 0 Å². The molecule has 1 aliphatic rings. The van der Waals surface area contributed by atoms with Crippen molar-refractivity contribution < 1.29 is 5.11 Å². The molecule has 1 N–H and O–H groups in total. The Kier molecular flexibility index (Phi) is 5.77. The number of aliphatic hydroxyl groups is 1. The molecule has 1 rings (SSSR count). The van der Waals surface area contributed by atoms with Crippen LogP contribution in [0.3, 0.4) is 0 Å². The lowest BCUT2D eigenvalue weighted by Crippen LogP contribution is -2.46. The highest BCUT2D eigenvalue weighted by molar-refractivity contribution is 4.86. The molecule has 0 saturated carbocycles. The van der Waals surface area contributed by atoms with Gasteiger partial charge >= 0.3 is 0 Å². The standard InChI is InChI=1S/C14H29NO/c1-4-5-6-7-8-14(16)9-11-15(12-10-14)13(2)3/h13,16H,4-12H2,1-3H3. The van der Waals surface area contributed by atoms with Crippen molar-refractivity contribution in [3.8, 4) is 0 Å². The van der Waals surface area contributed by atoms with E-state index in [0.717, 1.165) is 32.4 Å². The zero-order valence-electron chi connectivity index (χ0n) is 11.3. The molecular weight excluding hydrogens is 198 g/mol. The largest absolute Gasteiger partial charge is 0.390 e. The van der Waals surface area contributed by atoms with Gasteiger partial charge in [-0.2, -0.15) is 0 Å². The second kappa shape index (κ2) is 6.61. The highest BCUT2D eigenvalue weighted by Gasteiger charge is 2.32. The highest BCUT2D eigenvalue weighted by Crippen LogP contribution is 2.28. The van der Waals surface area contributed by atoms with Crippen LogP contribution in [-0.2, 0) is 0 Å². The number of likely N-dealkylation sites (tertiary alicyclic amines) is 1. The van der Waals surface area contributed by atoms with Crippen molar-refractivity contribution in [2.45, 2.75) is 77.4 Å². The van der Waals surface area contributed by atoms with Gasteiger partial charge in [-0.05, 0) is 33.1 Å². The number of rotatable bonds is 6. The van der Waals surface area contributed by atoms with Gasteiger partial charge in [0.25, 0.3) is 0 Å². The minimum atomic E-state index is -0.348. The first-order valence-electron chi connectivity index (χ1n) is 7.04. The summed E-state index contributed by atoms with van der Waals surface area (Å²) in [7, 11) is 0. The average Bonchev–Trinajstić information content (AvgIpc) is 2.25. The predicted molar refractivity (Wildman–Crippen MR) is 69.7 cm³/mol. The van der Waals surface area contributed by atoms with Crippen molar-refractivity contribution >= 4 is 0 Å². The Hall–Kier alpha value is -0.0800. The van der Waals surface area contributed by atoms with E-state index in [9.17, 15) is 5.11 Å². The number of piperidine rings is 1. The molecule has 96 valence electrons. The van der Waals surface area contributed by atoms with Gasteiger partial charge in [0, 0.05) is 19.1 Å². The summed E-state index contributed by atoms with van der Waals surface area (Å²) >= 11 is 0. The summed E-state index contributed by atoms with van der Waals surface area (Å²) in [6.07, 6.45) is 8.03. The van der Waals surface area contributed by atoms with E-state index in [2.05, 4.69) is 25.7 Å². The van der Waals surface area contributed by atoms with E-state index in [1.54, 1.807) is 0 Å². The van der Waals surface area contributed by atoms with Gasteiger partial charge in [0.1, 0.15) is 0 Å². The smallest absolute Gasteiger partial charge is 0.0672 e. The summed E-state index contributed by atoms with van der Waals surface area (Å²) in [6, 6.07) is 0.629. The molecule has 0 aromatic carbocycles. The van der Waals surface area contributed by atoms with Gasteiger partial charge in [-0.1, -0.05) is 32.6 Å². The number of hydrogen-bond donors (Lipinski definition) is 1. The molecule has 0 amide bonds. The fraction of sp³-hybridized carbons (Fsp3) is 1.00. The van der Waals surface area contributed by atoms with Crippen molar-refractivity contribution in [2.24, 2.45) is 0 Å². The fourth-order valence-corrected chi connectivity index (χ4v) is 2.59. The maximum absolute atomic E-state index is 10.4. The number of unbranched alkanes of at least 4 members (excludes halogenated alkanes) is 3. The maximum Gasteiger partial charge on any atom is 0.0672 e. The van der Waals surface area contributed by atoms with Crippen LogP contribution in [-0.4, -0.2) is 34.7 Å². The molecule has 0 radical (unpaired) electrons. The van der Waals surface area contributed by atoms with Gasteiger partial charge in [0.2, 0.25) is 0 Å².